The molecule has 1 amide bonds. The molecule has 1 atom stereocenters. The van der Waals surface area contributed by atoms with Crippen LogP contribution in [0.15, 0.2) is 28.7 Å². The molecule has 1 unspecified atom stereocenters. The van der Waals surface area contributed by atoms with E-state index in [0.717, 1.165) is 4.47 Å². The number of sulfone groups is 1. The molecule has 1 aliphatic heterocycles. The van der Waals surface area contributed by atoms with Crippen molar-refractivity contribution in [3.63, 3.8) is 0 Å². The molecule has 0 saturated carbocycles. The van der Waals surface area contributed by atoms with E-state index in [2.05, 4.69) is 15.9 Å². The highest BCUT2D eigenvalue weighted by atomic mass is 79.9. The van der Waals surface area contributed by atoms with Crippen molar-refractivity contribution in [1.82, 2.24) is 4.90 Å². The van der Waals surface area contributed by atoms with Gasteiger partial charge in [-0.25, -0.2) is 8.42 Å². The molecule has 0 bridgehead atoms. The molecule has 1 saturated heterocycles. The predicted molar refractivity (Wildman–Crippen MR) is 84.1 cm³/mol. The number of carbonyl (C=O) groups is 1. The van der Waals surface area contributed by atoms with Crippen molar-refractivity contribution in [2.24, 2.45) is 0 Å². The summed E-state index contributed by atoms with van der Waals surface area (Å²) in [6.07, 6.45) is 0.511. The first-order valence-corrected chi connectivity index (χ1v) is 9.41. The van der Waals surface area contributed by atoms with Crippen LogP contribution in [-0.2, 0) is 14.6 Å². The van der Waals surface area contributed by atoms with E-state index in [0.29, 0.717) is 18.7 Å². The maximum absolute atomic E-state index is 12.2. The number of nitrogens with zero attached hydrogens (tertiary/aromatic N) is 1. The van der Waals surface area contributed by atoms with Crippen LogP contribution in [0.2, 0.25) is 0 Å². The number of rotatable bonds is 5. The van der Waals surface area contributed by atoms with Crippen LogP contribution in [0.25, 0.3) is 0 Å². The quantitative estimate of drug-likeness (QED) is 0.787. The van der Waals surface area contributed by atoms with E-state index in [1.54, 1.807) is 11.0 Å². The number of hydrogen-bond donors (Lipinski definition) is 0. The van der Waals surface area contributed by atoms with Crippen LogP contribution in [0, 0.1) is 0 Å². The Morgan fingerprint density at radius 3 is 2.71 bits per heavy atom. The molecule has 0 spiro atoms. The van der Waals surface area contributed by atoms with Gasteiger partial charge in [-0.3, -0.25) is 4.79 Å². The van der Waals surface area contributed by atoms with Crippen molar-refractivity contribution in [2.75, 3.05) is 24.7 Å². The summed E-state index contributed by atoms with van der Waals surface area (Å²) >= 11 is 3.35. The van der Waals surface area contributed by atoms with Gasteiger partial charge >= 0.3 is 0 Å². The number of amides is 1. The molecule has 0 radical (unpaired) electrons. The normalized spacial score (nSPS) is 20.2. The molecule has 1 aromatic rings. The highest BCUT2D eigenvalue weighted by Gasteiger charge is 2.33. The zero-order chi connectivity index (χ0) is 15.5. The zero-order valence-electron chi connectivity index (χ0n) is 11.8. The molecule has 1 heterocycles. The largest absolute Gasteiger partial charge is 0.483 e. The van der Waals surface area contributed by atoms with Crippen molar-refractivity contribution in [1.29, 1.82) is 0 Å². The van der Waals surface area contributed by atoms with E-state index in [1.165, 1.54) is 0 Å². The lowest BCUT2D eigenvalue weighted by Crippen LogP contribution is -2.43. The number of ether oxygens (including phenoxy) is 1. The predicted octanol–water partition coefficient (Wildman–Crippen LogP) is 1.86. The number of halogens is 1. The van der Waals surface area contributed by atoms with Crippen LogP contribution in [0.1, 0.15) is 13.3 Å². The summed E-state index contributed by atoms with van der Waals surface area (Å²) < 4.78 is 29.4. The summed E-state index contributed by atoms with van der Waals surface area (Å²) in [5.41, 5.74) is 0. The molecule has 0 aliphatic carbocycles. The first-order valence-electron chi connectivity index (χ1n) is 6.80. The Morgan fingerprint density at radius 1 is 1.43 bits per heavy atom. The van der Waals surface area contributed by atoms with Crippen molar-refractivity contribution >= 4 is 31.7 Å². The molecule has 1 fully saturated rings. The molecule has 1 aliphatic rings. The maximum atomic E-state index is 12.2. The van der Waals surface area contributed by atoms with Crippen molar-refractivity contribution in [2.45, 2.75) is 19.4 Å². The van der Waals surface area contributed by atoms with Gasteiger partial charge in [0.1, 0.15) is 5.75 Å². The number of carbonyl (C=O) groups excluding carboxylic acids is 1. The van der Waals surface area contributed by atoms with Crippen molar-refractivity contribution in [3.05, 3.63) is 28.7 Å². The molecule has 21 heavy (non-hydrogen) atoms. The summed E-state index contributed by atoms with van der Waals surface area (Å²) in [6.45, 7) is 2.24. The Morgan fingerprint density at radius 2 is 2.14 bits per heavy atom. The molecule has 5 nitrogen and oxygen atoms in total. The molecule has 1 aromatic carbocycles. The van der Waals surface area contributed by atoms with Gasteiger partial charge in [0.25, 0.3) is 5.91 Å². The van der Waals surface area contributed by atoms with E-state index in [1.807, 2.05) is 25.1 Å². The summed E-state index contributed by atoms with van der Waals surface area (Å²) in [5, 5.41) is 0. The van der Waals surface area contributed by atoms with E-state index in [9.17, 15) is 13.2 Å². The second-order valence-electron chi connectivity index (χ2n) is 4.96. The second kappa shape index (κ2) is 6.79. The minimum atomic E-state index is -3.00. The Hall–Kier alpha value is -1.08. The molecular weight excluding hydrogens is 358 g/mol. The van der Waals surface area contributed by atoms with E-state index in [-0.39, 0.29) is 30.1 Å². The summed E-state index contributed by atoms with van der Waals surface area (Å²) in [7, 11) is -3.00. The number of hydrogen-bond acceptors (Lipinski definition) is 4. The van der Waals surface area contributed by atoms with E-state index in [4.69, 9.17) is 4.74 Å². The molecule has 2 rings (SSSR count). The Labute approximate surface area is 133 Å². The van der Waals surface area contributed by atoms with Gasteiger partial charge in [0.15, 0.2) is 16.4 Å². The zero-order valence-corrected chi connectivity index (χ0v) is 14.2. The molecule has 7 heteroatoms. The van der Waals surface area contributed by atoms with Gasteiger partial charge in [-0.1, -0.05) is 12.1 Å². The number of para-hydroxylation sites is 1. The molecular formula is C14H18BrNO4S. The van der Waals surface area contributed by atoms with Gasteiger partial charge in [-0.15, -0.1) is 0 Å². The van der Waals surface area contributed by atoms with Crippen LogP contribution < -0.4 is 4.74 Å². The highest BCUT2D eigenvalue weighted by Crippen LogP contribution is 2.24. The van der Waals surface area contributed by atoms with Crippen LogP contribution in [0.4, 0.5) is 0 Å². The van der Waals surface area contributed by atoms with Crippen molar-refractivity contribution in [3.8, 4) is 5.75 Å². The smallest absolute Gasteiger partial charge is 0.260 e. The fourth-order valence-corrected chi connectivity index (χ4v) is 4.57. The summed E-state index contributed by atoms with van der Waals surface area (Å²) in [5.74, 6) is 0.630. The summed E-state index contributed by atoms with van der Waals surface area (Å²) in [4.78, 5) is 13.8. The lowest BCUT2D eigenvalue weighted by atomic mass is 10.2. The van der Waals surface area contributed by atoms with Crippen molar-refractivity contribution < 1.29 is 17.9 Å². The topological polar surface area (TPSA) is 63.7 Å². The van der Waals surface area contributed by atoms with Crippen LogP contribution in [0.3, 0.4) is 0 Å². The van der Waals surface area contributed by atoms with Gasteiger partial charge < -0.3 is 9.64 Å². The van der Waals surface area contributed by atoms with Gasteiger partial charge in [0, 0.05) is 12.6 Å². The van der Waals surface area contributed by atoms with Crippen LogP contribution >= 0.6 is 15.9 Å². The Balaban J connectivity index is 1.97. The molecule has 116 valence electrons. The van der Waals surface area contributed by atoms with Crippen LogP contribution in [0.5, 0.6) is 5.75 Å². The fourth-order valence-electron chi connectivity index (χ4n) is 2.44. The van der Waals surface area contributed by atoms with Gasteiger partial charge in [0.2, 0.25) is 0 Å². The van der Waals surface area contributed by atoms with Gasteiger partial charge in [-0.2, -0.15) is 0 Å². The van der Waals surface area contributed by atoms with E-state index < -0.39 is 9.84 Å². The lowest BCUT2D eigenvalue weighted by Gasteiger charge is -2.26. The summed E-state index contributed by atoms with van der Waals surface area (Å²) in [6, 6.07) is 7.07. The minimum absolute atomic E-state index is 0.0572. The minimum Gasteiger partial charge on any atom is -0.483 e. The Kier molecular flexibility index (Phi) is 5.27. The average Bonchev–Trinajstić information content (AvgIpc) is 2.79. The SMILES string of the molecule is CCN(C(=O)COc1ccccc1Br)C1CCS(=O)(=O)C1. The van der Waals surface area contributed by atoms with Gasteiger partial charge in [-0.05, 0) is 41.4 Å². The number of benzene rings is 1. The molecule has 0 aromatic heterocycles. The van der Waals surface area contributed by atoms with Crippen LogP contribution in [-0.4, -0.2) is 49.9 Å². The fraction of sp³-hybridized carbons (Fsp3) is 0.500. The van der Waals surface area contributed by atoms with Gasteiger partial charge in [0.05, 0.1) is 16.0 Å². The third kappa shape index (κ3) is 4.20. The average molecular weight is 376 g/mol. The van der Waals surface area contributed by atoms with E-state index >= 15 is 0 Å². The first kappa shape index (κ1) is 16.3. The monoisotopic (exact) mass is 375 g/mol. The maximum Gasteiger partial charge on any atom is 0.260 e. The highest BCUT2D eigenvalue weighted by molar-refractivity contribution is 9.10. The second-order valence-corrected chi connectivity index (χ2v) is 8.04. The first-order chi connectivity index (χ1) is 9.93. The number of likely N-dealkylation sites (N-methyl/N-ethyl adjacent to an activating group) is 1. The third-order valence-electron chi connectivity index (χ3n) is 3.50. The standard InChI is InChI=1S/C14H18BrNO4S/c1-2-16(11-7-8-21(18,19)10-11)14(17)9-20-13-6-4-3-5-12(13)15/h3-6,11H,2,7-10H2,1H3. The lowest BCUT2D eigenvalue weighted by molar-refractivity contribution is -0.135. The Bertz CT molecular complexity index is 617. The third-order valence-corrected chi connectivity index (χ3v) is 5.90. The molecule has 0 N–H and O–H groups in total.